The van der Waals surface area contributed by atoms with E-state index in [0.29, 0.717) is 11.2 Å². The van der Waals surface area contributed by atoms with Crippen molar-refractivity contribution in [1.29, 1.82) is 0 Å². The number of nitrogens with two attached hydrogens (primary N) is 1. The number of carbonyl (C=O) groups excluding carboxylic acids is 1. The Balaban J connectivity index is 1.83. The molecule has 0 aliphatic rings. The standard InChI is InChI=1S/C18H18N6O3S/c1-11-15-5-3-4-6-16(15)22-18(20-11)23-17(19)24-28(26,27)14-9-7-13(8-10-14)21-12(2)25/h3-10H,1-2H3,(H,21,25)(H3,19,20,22,23,24). The number of hydrogen-bond donors (Lipinski definition) is 3. The van der Waals surface area contributed by atoms with Gasteiger partial charge in [0.2, 0.25) is 17.8 Å². The van der Waals surface area contributed by atoms with Crippen molar-refractivity contribution in [3.8, 4) is 0 Å². The van der Waals surface area contributed by atoms with Gasteiger partial charge in [-0.3, -0.25) is 10.1 Å². The zero-order valence-corrected chi connectivity index (χ0v) is 16.0. The molecule has 0 unspecified atom stereocenters. The molecule has 0 bridgehead atoms. The molecule has 0 aliphatic carbocycles. The van der Waals surface area contributed by atoms with Crippen molar-refractivity contribution >= 4 is 44.4 Å². The van der Waals surface area contributed by atoms with Crippen LogP contribution in [0.5, 0.6) is 0 Å². The number of benzene rings is 2. The van der Waals surface area contributed by atoms with Gasteiger partial charge in [0.1, 0.15) is 0 Å². The fraction of sp³-hybridized carbons (Fsp3) is 0.111. The molecule has 0 aliphatic heterocycles. The third kappa shape index (κ3) is 4.41. The van der Waals surface area contributed by atoms with Gasteiger partial charge in [-0.15, -0.1) is 4.40 Å². The number of nitrogens with zero attached hydrogens (tertiary/aromatic N) is 3. The van der Waals surface area contributed by atoms with Crippen LogP contribution in [-0.2, 0) is 14.8 Å². The summed E-state index contributed by atoms with van der Waals surface area (Å²) in [6.45, 7) is 3.17. The van der Waals surface area contributed by atoms with Crippen LogP contribution in [-0.4, -0.2) is 30.3 Å². The fourth-order valence-corrected chi connectivity index (χ4v) is 3.41. The van der Waals surface area contributed by atoms with Crippen LogP contribution in [0.3, 0.4) is 0 Å². The minimum absolute atomic E-state index is 0.0676. The van der Waals surface area contributed by atoms with Crippen LogP contribution in [0.25, 0.3) is 10.9 Å². The molecular formula is C18H18N6O3S. The van der Waals surface area contributed by atoms with Crippen molar-refractivity contribution in [2.45, 2.75) is 18.7 Å². The lowest BCUT2D eigenvalue weighted by atomic mass is 10.2. The highest BCUT2D eigenvalue weighted by atomic mass is 32.2. The summed E-state index contributed by atoms with van der Waals surface area (Å²) in [5.41, 5.74) is 7.63. The van der Waals surface area contributed by atoms with Crippen molar-refractivity contribution in [1.82, 2.24) is 9.97 Å². The number of para-hydroxylation sites is 1. The van der Waals surface area contributed by atoms with Gasteiger partial charge in [0.05, 0.1) is 16.1 Å². The van der Waals surface area contributed by atoms with Crippen LogP contribution in [0, 0.1) is 6.92 Å². The van der Waals surface area contributed by atoms with E-state index in [9.17, 15) is 13.2 Å². The molecule has 1 amide bonds. The number of fused-ring (bicyclic) bond motifs is 1. The van der Waals surface area contributed by atoms with E-state index < -0.39 is 10.0 Å². The monoisotopic (exact) mass is 398 g/mol. The Kier molecular flexibility index (Phi) is 5.23. The van der Waals surface area contributed by atoms with Gasteiger partial charge in [0.15, 0.2) is 0 Å². The number of guanidine groups is 1. The maximum Gasteiger partial charge on any atom is 0.285 e. The third-order valence-corrected chi connectivity index (χ3v) is 5.03. The van der Waals surface area contributed by atoms with Crippen molar-refractivity contribution in [3.63, 3.8) is 0 Å². The van der Waals surface area contributed by atoms with Gasteiger partial charge in [0.25, 0.3) is 10.0 Å². The van der Waals surface area contributed by atoms with E-state index in [0.717, 1.165) is 11.1 Å². The second kappa shape index (κ2) is 7.61. The lowest BCUT2D eigenvalue weighted by Gasteiger charge is -2.08. The molecule has 0 saturated carbocycles. The number of aryl methyl sites for hydroxylation is 1. The molecule has 28 heavy (non-hydrogen) atoms. The summed E-state index contributed by atoms with van der Waals surface area (Å²) in [5, 5.41) is 6.05. The van der Waals surface area contributed by atoms with Gasteiger partial charge in [-0.05, 0) is 37.3 Å². The second-order valence-electron chi connectivity index (χ2n) is 5.93. The number of rotatable bonds is 4. The number of nitrogens with one attached hydrogen (secondary N) is 2. The number of amides is 1. The molecule has 144 valence electrons. The number of hydrogen-bond acceptors (Lipinski definition) is 5. The largest absolute Gasteiger partial charge is 0.369 e. The molecule has 0 spiro atoms. The van der Waals surface area contributed by atoms with Crippen molar-refractivity contribution in [2.75, 3.05) is 10.6 Å². The van der Waals surface area contributed by atoms with Crippen LogP contribution in [0.4, 0.5) is 11.6 Å². The van der Waals surface area contributed by atoms with E-state index in [1.54, 1.807) is 0 Å². The smallest absolute Gasteiger partial charge is 0.285 e. The Morgan fingerprint density at radius 1 is 1.04 bits per heavy atom. The number of anilines is 2. The first-order valence-electron chi connectivity index (χ1n) is 8.23. The van der Waals surface area contributed by atoms with Gasteiger partial charge < -0.3 is 11.1 Å². The van der Waals surface area contributed by atoms with Crippen LogP contribution >= 0.6 is 0 Å². The summed E-state index contributed by atoms with van der Waals surface area (Å²) in [6, 6.07) is 13.0. The zero-order chi connectivity index (χ0) is 20.3. The SMILES string of the molecule is CC(=O)Nc1ccc(S(=O)(=O)N=C(N)Nc2nc(C)c3ccccc3n2)cc1. The lowest BCUT2D eigenvalue weighted by molar-refractivity contribution is -0.114. The van der Waals surface area contributed by atoms with Crippen LogP contribution in [0.1, 0.15) is 12.6 Å². The molecule has 2 aromatic carbocycles. The highest BCUT2D eigenvalue weighted by Crippen LogP contribution is 2.18. The fourth-order valence-electron chi connectivity index (χ4n) is 2.52. The molecule has 9 nitrogen and oxygen atoms in total. The van der Waals surface area contributed by atoms with E-state index in [1.165, 1.54) is 31.2 Å². The van der Waals surface area contributed by atoms with Crippen molar-refractivity contribution in [3.05, 3.63) is 54.2 Å². The molecule has 1 aromatic heterocycles. The molecule has 1 heterocycles. The Morgan fingerprint density at radius 2 is 1.71 bits per heavy atom. The Labute approximate surface area is 161 Å². The third-order valence-electron chi connectivity index (χ3n) is 3.72. The summed E-state index contributed by atoms with van der Waals surface area (Å²) in [5.74, 6) is -0.470. The lowest BCUT2D eigenvalue weighted by Crippen LogP contribution is -2.25. The molecule has 0 fully saturated rings. The van der Waals surface area contributed by atoms with E-state index in [-0.39, 0.29) is 22.7 Å². The average molecular weight is 398 g/mol. The summed E-state index contributed by atoms with van der Waals surface area (Å²) in [4.78, 5) is 19.5. The Morgan fingerprint density at radius 3 is 2.39 bits per heavy atom. The molecule has 0 saturated heterocycles. The van der Waals surface area contributed by atoms with Crippen LogP contribution < -0.4 is 16.4 Å². The first kappa shape index (κ1) is 19.2. The van der Waals surface area contributed by atoms with Gasteiger partial charge in [-0.1, -0.05) is 18.2 Å². The van der Waals surface area contributed by atoms with E-state index in [1.807, 2.05) is 31.2 Å². The number of carbonyl (C=O) groups is 1. The molecule has 10 heteroatoms. The number of sulfonamides is 1. The average Bonchev–Trinajstić information content (AvgIpc) is 2.61. The topological polar surface area (TPSA) is 139 Å². The maximum absolute atomic E-state index is 12.4. The highest BCUT2D eigenvalue weighted by molar-refractivity contribution is 7.90. The molecular weight excluding hydrogens is 380 g/mol. The van der Waals surface area contributed by atoms with Gasteiger partial charge in [0, 0.05) is 18.0 Å². The van der Waals surface area contributed by atoms with E-state index in [2.05, 4.69) is 25.0 Å². The molecule has 0 atom stereocenters. The summed E-state index contributed by atoms with van der Waals surface area (Å²) in [6.07, 6.45) is 0. The summed E-state index contributed by atoms with van der Waals surface area (Å²) in [7, 11) is -4.05. The minimum Gasteiger partial charge on any atom is -0.369 e. The van der Waals surface area contributed by atoms with Crippen molar-refractivity contribution < 1.29 is 13.2 Å². The second-order valence-corrected chi connectivity index (χ2v) is 7.54. The number of aromatic nitrogens is 2. The molecule has 3 aromatic rings. The molecule has 4 N–H and O–H groups in total. The van der Waals surface area contributed by atoms with Crippen LogP contribution in [0.2, 0.25) is 0 Å². The Hall–Kier alpha value is -3.53. The summed E-state index contributed by atoms with van der Waals surface area (Å²) < 4.78 is 28.4. The molecule has 3 rings (SSSR count). The van der Waals surface area contributed by atoms with Crippen LogP contribution in [0.15, 0.2) is 57.8 Å². The quantitative estimate of drug-likeness (QED) is 0.451. The van der Waals surface area contributed by atoms with Crippen molar-refractivity contribution in [2.24, 2.45) is 10.1 Å². The zero-order valence-electron chi connectivity index (χ0n) is 15.2. The normalized spacial score (nSPS) is 12.0. The van der Waals surface area contributed by atoms with E-state index in [4.69, 9.17) is 5.73 Å². The first-order valence-corrected chi connectivity index (χ1v) is 9.67. The summed E-state index contributed by atoms with van der Waals surface area (Å²) >= 11 is 0. The first-order chi connectivity index (χ1) is 13.2. The van der Waals surface area contributed by atoms with Gasteiger partial charge in [-0.2, -0.15) is 8.42 Å². The minimum atomic E-state index is -4.05. The molecule has 0 radical (unpaired) electrons. The highest BCUT2D eigenvalue weighted by Gasteiger charge is 2.14. The maximum atomic E-state index is 12.4. The Bertz CT molecular complexity index is 1170. The predicted octanol–water partition coefficient (Wildman–Crippen LogP) is 2.01. The van der Waals surface area contributed by atoms with Gasteiger partial charge >= 0.3 is 0 Å². The predicted molar refractivity (Wildman–Crippen MR) is 107 cm³/mol. The van der Waals surface area contributed by atoms with Gasteiger partial charge in [-0.25, -0.2) is 9.97 Å². The van der Waals surface area contributed by atoms with E-state index >= 15 is 0 Å².